The lowest BCUT2D eigenvalue weighted by Crippen LogP contribution is -2.02. The van der Waals surface area contributed by atoms with Gasteiger partial charge in [-0.2, -0.15) is 0 Å². The van der Waals surface area contributed by atoms with E-state index in [-0.39, 0.29) is 0 Å². The zero-order valence-electron chi connectivity index (χ0n) is 12.8. The second-order valence-electron chi connectivity index (χ2n) is 5.13. The fraction of sp³-hybridized carbons (Fsp3) is 0.105. The number of hydrogen-bond donors (Lipinski definition) is 0. The van der Waals surface area contributed by atoms with Crippen LogP contribution in [0.25, 0.3) is 11.1 Å². The maximum Gasteiger partial charge on any atom is 0.224 e. The van der Waals surface area contributed by atoms with E-state index in [1.807, 2.05) is 24.3 Å². The summed E-state index contributed by atoms with van der Waals surface area (Å²) in [4.78, 5) is 19.2. The van der Waals surface area contributed by atoms with Gasteiger partial charge < -0.3 is 4.74 Å². The molecule has 2 aromatic heterocycles. The van der Waals surface area contributed by atoms with Crippen LogP contribution in [0.15, 0.2) is 61.1 Å². The number of aldehydes is 1. The molecule has 3 aromatic rings. The molecule has 0 saturated carbocycles. The van der Waals surface area contributed by atoms with Crippen LogP contribution in [0.3, 0.4) is 0 Å². The number of benzene rings is 1. The lowest BCUT2D eigenvalue weighted by atomic mass is 9.97. The van der Waals surface area contributed by atoms with E-state index < -0.39 is 0 Å². The van der Waals surface area contributed by atoms with Gasteiger partial charge in [-0.3, -0.25) is 9.78 Å². The van der Waals surface area contributed by atoms with Crippen LogP contribution in [0, 0.1) is 6.92 Å². The normalized spacial score (nSPS) is 10.3. The van der Waals surface area contributed by atoms with E-state index in [0.717, 1.165) is 28.5 Å². The molecule has 0 radical (unpaired) electrons. The zero-order chi connectivity index (χ0) is 16.1. The molecule has 0 aliphatic carbocycles. The number of carbonyl (C=O) groups excluding carboxylic acids is 1. The molecule has 2 heterocycles. The van der Waals surface area contributed by atoms with Gasteiger partial charge in [-0.05, 0) is 53.4 Å². The van der Waals surface area contributed by atoms with Crippen LogP contribution in [0.5, 0.6) is 5.88 Å². The van der Waals surface area contributed by atoms with Crippen molar-refractivity contribution in [2.75, 3.05) is 0 Å². The molecule has 4 nitrogen and oxygen atoms in total. The van der Waals surface area contributed by atoms with Crippen LogP contribution in [0.1, 0.15) is 21.5 Å². The third kappa shape index (κ3) is 3.26. The Bertz CT molecular complexity index is 817. The van der Waals surface area contributed by atoms with Crippen LogP contribution in [-0.4, -0.2) is 16.3 Å². The molecule has 0 aliphatic rings. The summed E-state index contributed by atoms with van der Waals surface area (Å²) in [5.74, 6) is 0.358. The summed E-state index contributed by atoms with van der Waals surface area (Å²) >= 11 is 0. The Morgan fingerprint density at radius 3 is 2.65 bits per heavy atom. The second kappa shape index (κ2) is 6.83. The minimum Gasteiger partial charge on any atom is -0.472 e. The zero-order valence-corrected chi connectivity index (χ0v) is 12.8. The lowest BCUT2D eigenvalue weighted by Gasteiger charge is -2.13. The first kappa shape index (κ1) is 14.9. The number of aromatic nitrogens is 2. The van der Waals surface area contributed by atoms with Crippen molar-refractivity contribution >= 4 is 6.29 Å². The molecule has 0 unspecified atom stereocenters. The Hall–Kier alpha value is -3.01. The maximum atomic E-state index is 11.0. The molecule has 0 saturated heterocycles. The molecule has 4 heteroatoms. The highest BCUT2D eigenvalue weighted by Crippen LogP contribution is 2.26. The van der Waals surface area contributed by atoms with Crippen molar-refractivity contribution in [2.24, 2.45) is 0 Å². The summed E-state index contributed by atoms with van der Waals surface area (Å²) in [6.07, 6.45) is 5.93. The van der Waals surface area contributed by atoms with E-state index in [2.05, 4.69) is 23.0 Å². The summed E-state index contributed by atoms with van der Waals surface area (Å²) in [6, 6.07) is 13.5. The highest BCUT2D eigenvalue weighted by Gasteiger charge is 2.08. The van der Waals surface area contributed by atoms with Crippen LogP contribution in [-0.2, 0) is 6.61 Å². The van der Waals surface area contributed by atoms with E-state index >= 15 is 0 Å². The number of hydrogen-bond acceptors (Lipinski definition) is 4. The molecule has 3 rings (SSSR count). The van der Waals surface area contributed by atoms with Crippen molar-refractivity contribution in [3.05, 3.63) is 77.7 Å². The standard InChI is InChI=1S/C19H16N2O2/c1-14-17(13-23-19-16(12-22)5-3-9-21-19)4-2-6-18(14)15-7-10-20-11-8-15/h2-12H,13H2,1H3. The molecule has 1 aromatic carbocycles. The Labute approximate surface area is 134 Å². The van der Waals surface area contributed by atoms with Gasteiger partial charge in [-0.1, -0.05) is 18.2 Å². The maximum absolute atomic E-state index is 11.0. The van der Waals surface area contributed by atoms with E-state index in [9.17, 15) is 4.79 Å². The van der Waals surface area contributed by atoms with Gasteiger partial charge >= 0.3 is 0 Å². The molecule has 114 valence electrons. The largest absolute Gasteiger partial charge is 0.472 e. The van der Waals surface area contributed by atoms with Crippen molar-refractivity contribution in [2.45, 2.75) is 13.5 Å². The number of carbonyl (C=O) groups is 1. The minimum absolute atomic E-state index is 0.358. The third-order valence-electron chi connectivity index (χ3n) is 3.73. The van der Waals surface area contributed by atoms with E-state index in [1.165, 1.54) is 0 Å². The molecule has 0 atom stereocenters. The monoisotopic (exact) mass is 304 g/mol. The highest BCUT2D eigenvalue weighted by atomic mass is 16.5. The first-order chi connectivity index (χ1) is 11.3. The molecule has 0 spiro atoms. The lowest BCUT2D eigenvalue weighted by molar-refractivity contribution is 0.111. The van der Waals surface area contributed by atoms with E-state index in [1.54, 1.807) is 30.7 Å². The van der Waals surface area contributed by atoms with Crippen molar-refractivity contribution in [1.29, 1.82) is 0 Å². The fourth-order valence-electron chi connectivity index (χ4n) is 2.44. The number of nitrogens with zero attached hydrogens (tertiary/aromatic N) is 2. The minimum atomic E-state index is 0.358. The van der Waals surface area contributed by atoms with Crippen LogP contribution < -0.4 is 4.74 Å². The highest BCUT2D eigenvalue weighted by molar-refractivity contribution is 5.77. The van der Waals surface area contributed by atoms with Gasteiger partial charge in [0.1, 0.15) is 6.61 Å². The predicted molar refractivity (Wildman–Crippen MR) is 88.4 cm³/mol. The van der Waals surface area contributed by atoms with Crippen molar-refractivity contribution in [3.8, 4) is 17.0 Å². The number of ether oxygens (including phenoxy) is 1. The number of pyridine rings is 2. The average molecular weight is 304 g/mol. The van der Waals surface area contributed by atoms with Gasteiger partial charge in [0.05, 0.1) is 5.56 Å². The van der Waals surface area contributed by atoms with Crippen molar-refractivity contribution in [3.63, 3.8) is 0 Å². The Morgan fingerprint density at radius 2 is 1.87 bits per heavy atom. The topological polar surface area (TPSA) is 52.1 Å². The molecule has 0 aliphatic heterocycles. The molecule has 23 heavy (non-hydrogen) atoms. The summed E-state index contributed by atoms with van der Waals surface area (Å²) in [5, 5.41) is 0. The molecular formula is C19H16N2O2. The van der Waals surface area contributed by atoms with E-state index in [4.69, 9.17) is 4.74 Å². The predicted octanol–water partition coefficient (Wildman–Crippen LogP) is 3.84. The quantitative estimate of drug-likeness (QED) is 0.672. The third-order valence-corrected chi connectivity index (χ3v) is 3.73. The van der Waals surface area contributed by atoms with Crippen LogP contribution >= 0.6 is 0 Å². The summed E-state index contributed by atoms with van der Waals surface area (Å²) < 4.78 is 5.73. The SMILES string of the molecule is Cc1c(COc2ncccc2C=O)cccc1-c1ccncc1. The Balaban J connectivity index is 1.86. The first-order valence-electron chi connectivity index (χ1n) is 7.31. The van der Waals surface area contributed by atoms with Gasteiger partial charge in [-0.25, -0.2) is 4.98 Å². The molecule has 0 amide bonds. The summed E-state index contributed by atoms with van der Waals surface area (Å²) in [5.41, 5.74) is 4.91. The smallest absolute Gasteiger partial charge is 0.224 e. The van der Waals surface area contributed by atoms with Gasteiger partial charge in [0.25, 0.3) is 0 Å². The Kier molecular flexibility index (Phi) is 4.43. The summed E-state index contributed by atoms with van der Waals surface area (Å²) in [7, 11) is 0. The average Bonchev–Trinajstić information content (AvgIpc) is 2.62. The molecule has 0 N–H and O–H groups in total. The second-order valence-corrected chi connectivity index (χ2v) is 5.13. The van der Waals surface area contributed by atoms with Crippen molar-refractivity contribution < 1.29 is 9.53 Å². The van der Waals surface area contributed by atoms with Crippen molar-refractivity contribution in [1.82, 2.24) is 9.97 Å². The van der Waals surface area contributed by atoms with Gasteiger partial charge in [0, 0.05) is 18.6 Å². The summed E-state index contributed by atoms with van der Waals surface area (Å²) in [6.45, 7) is 2.43. The Morgan fingerprint density at radius 1 is 1.04 bits per heavy atom. The van der Waals surface area contributed by atoms with Crippen LogP contribution in [0.4, 0.5) is 0 Å². The van der Waals surface area contributed by atoms with Gasteiger partial charge in [-0.15, -0.1) is 0 Å². The molecular weight excluding hydrogens is 288 g/mol. The van der Waals surface area contributed by atoms with Gasteiger partial charge in [0.15, 0.2) is 6.29 Å². The van der Waals surface area contributed by atoms with E-state index in [0.29, 0.717) is 18.1 Å². The van der Waals surface area contributed by atoms with Crippen LogP contribution in [0.2, 0.25) is 0 Å². The fourth-order valence-corrected chi connectivity index (χ4v) is 2.44. The number of rotatable bonds is 5. The van der Waals surface area contributed by atoms with Gasteiger partial charge in [0.2, 0.25) is 5.88 Å². The molecule has 0 fully saturated rings. The first-order valence-corrected chi connectivity index (χ1v) is 7.31. The molecule has 0 bridgehead atoms.